The number of rotatable bonds is 5. The Balaban J connectivity index is 1.40. The van der Waals surface area contributed by atoms with Crippen LogP contribution < -0.4 is 10.6 Å². The first-order valence-electron chi connectivity index (χ1n) is 11.5. The summed E-state index contributed by atoms with van der Waals surface area (Å²) in [5, 5.41) is 5.58. The summed E-state index contributed by atoms with van der Waals surface area (Å²) in [5.41, 5.74) is -0.974. The summed E-state index contributed by atoms with van der Waals surface area (Å²) < 4.78 is 50.8. The molecule has 0 unspecified atom stereocenters. The van der Waals surface area contributed by atoms with E-state index in [1.807, 2.05) is 0 Å². The molecule has 2 N–H and O–H groups in total. The fraction of sp³-hybridized carbons (Fsp3) is 0.360. The van der Waals surface area contributed by atoms with Crippen molar-refractivity contribution < 1.29 is 31.9 Å². The lowest BCUT2D eigenvalue weighted by molar-refractivity contribution is -0.153. The Morgan fingerprint density at radius 3 is 2.46 bits per heavy atom. The minimum Gasteiger partial charge on any atom is -0.444 e. The molecule has 2 amide bonds. The number of ether oxygens (including phenoxy) is 1. The molecule has 0 spiro atoms. The summed E-state index contributed by atoms with van der Waals surface area (Å²) in [6.45, 7) is 6.37. The van der Waals surface area contributed by atoms with Crippen molar-refractivity contribution >= 4 is 23.5 Å². The number of hydrogen-bond acceptors (Lipinski definition) is 7. The average Bonchev–Trinajstić information content (AvgIpc) is 3.48. The zero-order valence-corrected chi connectivity index (χ0v) is 20.4. The lowest BCUT2D eigenvalue weighted by Crippen LogP contribution is -2.36. The van der Waals surface area contributed by atoms with Crippen LogP contribution in [0.2, 0.25) is 0 Å². The molecule has 1 atom stereocenters. The van der Waals surface area contributed by atoms with Crippen molar-refractivity contribution in [1.82, 2.24) is 14.9 Å². The first-order valence-corrected chi connectivity index (χ1v) is 11.5. The van der Waals surface area contributed by atoms with Gasteiger partial charge in [0.1, 0.15) is 11.4 Å². The van der Waals surface area contributed by atoms with Gasteiger partial charge in [0.25, 0.3) is 5.91 Å². The van der Waals surface area contributed by atoms with Crippen molar-refractivity contribution in [2.75, 3.05) is 23.7 Å². The van der Waals surface area contributed by atoms with E-state index >= 15 is 0 Å². The maximum atomic E-state index is 13.5. The van der Waals surface area contributed by atoms with Crippen LogP contribution in [0.1, 0.15) is 43.4 Å². The number of nitrogens with one attached hydrogen (secondary N) is 2. The smallest absolute Gasteiger partial charge is 0.444 e. The van der Waals surface area contributed by atoms with Crippen molar-refractivity contribution in [3.63, 3.8) is 0 Å². The quantitative estimate of drug-likeness (QED) is 0.465. The maximum Gasteiger partial charge on any atom is 0.452 e. The second-order valence-corrected chi connectivity index (χ2v) is 9.50. The van der Waals surface area contributed by atoms with Crippen LogP contribution in [-0.2, 0) is 10.9 Å². The summed E-state index contributed by atoms with van der Waals surface area (Å²) in [5.74, 6) is -2.39. The molecule has 1 aliphatic heterocycles. The number of amides is 2. The molecule has 4 rings (SSSR count). The molecular weight excluding hydrogens is 491 g/mol. The van der Waals surface area contributed by atoms with Gasteiger partial charge >= 0.3 is 12.3 Å². The average molecular weight is 518 g/mol. The number of halogens is 3. The molecule has 1 aromatic carbocycles. The maximum absolute atomic E-state index is 13.5. The van der Waals surface area contributed by atoms with Crippen LogP contribution in [0.15, 0.2) is 53.1 Å². The number of hydrogen-bond donors (Lipinski definition) is 2. The topological polar surface area (TPSA) is 110 Å². The van der Waals surface area contributed by atoms with E-state index in [1.54, 1.807) is 49.9 Å². The second-order valence-electron chi connectivity index (χ2n) is 9.50. The van der Waals surface area contributed by atoms with Crippen molar-refractivity contribution in [2.45, 2.75) is 45.0 Å². The van der Waals surface area contributed by atoms with Crippen molar-refractivity contribution in [3.05, 3.63) is 60.1 Å². The van der Waals surface area contributed by atoms with Gasteiger partial charge < -0.3 is 24.7 Å². The van der Waals surface area contributed by atoms with Crippen molar-refractivity contribution in [1.29, 1.82) is 0 Å². The van der Waals surface area contributed by atoms with Crippen LogP contribution in [0.5, 0.6) is 0 Å². The first-order chi connectivity index (χ1) is 17.4. The minimum absolute atomic E-state index is 0.0543. The third-order valence-electron chi connectivity index (χ3n) is 5.33. The lowest BCUT2D eigenvalue weighted by Gasteiger charge is -2.24. The fourth-order valence-electron chi connectivity index (χ4n) is 3.69. The van der Waals surface area contributed by atoms with Crippen LogP contribution >= 0.6 is 0 Å². The molecule has 3 heterocycles. The molecule has 0 saturated carbocycles. The van der Waals surface area contributed by atoms with Gasteiger partial charge in [-0.3, -0.25) is 4.79 Å². The van der Waals surface area contributed by atoms with E-state index in [0.717, 1.165) is 0 Å². The molecule has 3 aromatic rings. The van der Waals surface area contributed by atoms with Gasteiger partial charge in [0, 0.05) is 24.7 Å². The van der Waals surface area contributed by atoms with E-state index in [0.29, 0.717) is 30.9 Å². The molecule has 1 aliphatic rings. The van der Waals surface area contributed by atoms with E-state index < -0.39 is 29.1 Å². The largest absolute Gasteiger partial charge is 0.452 e. The lowest BCUT2D eigenvalue weighted by atomic mass is 10.2. The molecular formula is C25H26F3N5O4. The summed E-state index contributed by atoms with van der Waals surface area (Å²) in [6.07, 6.45) is -3.29. The van der Waals surface area contributed by atoms with E-state index in [1.165, 1.54) is 24.4 Å². The molecule has 0 radical (unpaired) electrons. The Morgan fingerprint density at radius 2 is 1.84 bits per heavy atom. The normalized spacial score (nSPS) is 15.9. The highest BCUT2D eigenvalue weighted by Gasteiger charge is 2.42. The van der Waals surface area contributed by atoms with Crippen LogP contribution in [0.25, 0.3) is 11.5 Å². The van der Waals surface area contributed by atoms with Gasteiger partial charge in [-0.25, -0.2) is 14.8 Å². The highest BCUT2D eigenvalue weighted by atomic mass is 19.4. The summed E-state index contributed by atoms with van der Waals surface area (Å²) in [7, 11) is 0. The summed E-state index contributed by atoms with van der Waals surface area (Å²) in [4.78, 5) is 34.5. The number of aromatic nitrogens is 2. The predicted octanol–water partition coefficient (Wildman–Crippen LogP) is 5.43. The SMILES string of the molecule is CC(C)(C)OC(=O)N1CC[C@@H](Nc2ccc(NC(=O)c3nc(-c4ccccc4)oc3C(F)(F)F)cn2)C1. The molecule has 0 aliphatic carbocycles. The number of carbonyl (C=O) groups excluding carboxylic acids is 2. The van der Waals surface area contributed by atoms with Gasteiger partial charge in [-0.05, 0) is 51.5 Å². The van der Waals surface area contributed by atoms with Gasteiger partial charge in [-0.2, -0.15) is 13.2 Å². The molecule has 12 heteroatoms. The van der Waals surface area contributed by atoms with E-state index in [9.17, 15) is 22.8 Å². The predicted molar refractivity (Wildman–Crippen MR) is 129 cm³/mol. The van der Waals surface area contributed by atoms with Crippen LogP contribution in [0, 0.1) is 0 Å². The van der Waals surface area contributed by atoms with Crippen LogP contribution in [0.4, 0.5) is 29.5 Å². The van der Waals surface area contributed by atoms with Gasteiger partial charge in [0.05, 0.1) is 11.9 Å². The highest BCUT2D eigenvalue weighted by Crippen LogP contribution is 2.35. The van der Waals surface area contributed by atoms with Gasteiger partial charge in [0.2, 0.25) is 11.7 Å². The van der Waals surface area contributed by atoms with Crippen LogP contribution in [0.3, 0.4) is 0 Å². The zero-order chi connectivity index (χ0) is 26.8. The van der Waals surface area contributed by atoms with E-state index in [-0.39, 0.29) is 23.7 Å². The van der Waals surface area contributed by atoms with Crippen LogP contribution in [-0.4, -0.2) is 51.6 Å². The number of benzene rings is 1. The van der Waals surface area contributed by atoms with Gasteiger partial charge in [-0.15, -0.1) is 0 Å². The number of anilines is 2. The fourth-order valence-corrected chi connectivity index (χ4v) is 3.69. The molecule has 1 fully saturated rings. The Bertz CT molecular complexity index is 1250. The Morgan fingerprint density at radius 1 is 1.11 bits per heavy atom. The number of alkyl halides is 3. The third kappa shape index (κ3) is 6.57. The van der Waals surface area contributed by atoms with Crippen molar-refractivity contribution in [3.8, 4) is 11.5 Å². The molecule has 2 aromatic heterocycles. The van der Waals surface area contributed by atoms with Gasteiger partial charge in [0.15, 0.2) is 5.69 Å². The van der Waals surface area contributed by atoms with E-state index in [4.69, 9.17) is 9.15 Å². The Hall–Kier alpha value is -4.09. The summed E-state index contributed by atoms with van der Waals surface area (Å²) in [6, 6.07) is 11.0. The minimum atomic E-state index is -4.91. The van der Waals surface area contributed by atoms with E-state index in [2.05, 4.69) is 20.6 Å². The zero-order valence-electron chi connectivity index (χ0n) is 20.4. The number of carbonyl (C=O) groups is 2. The van der Waals surface area contributed by atoms with Crippen molar-refractivity contribution in [2.24, 2.45) is 0 Å². The number of pyridine rings is 1. The highest BCUT2D eigenvalue weighted by molar-refractivity contribution is 6.04. The Kier molecular flexibility index (Phi) is 7.10. The number of oxazole rings is 1. The number of nitrogens with zero attached hydrogens (tertiary/aromatic N) is 3. The standard InChI is InChI=1S/C25H26F3N5O4/c1-24(2,3)37-23(35)33-12-11-17(14-33)30-18-10-9-16(13-29-18)31-21(34)19-20(25(26,27)28)36-22(32-19)15-7-5-4-6-8-15/h4-10,13,17H,11-12,14H2,1-3H3,(H,29,30)(H,31,34)/t17-/m1/s1. The summed E-state index contributed by atoms with van der Waals surface area (Å²) >= 11 is 0. The second kappa shape index (κ2) is 10.1. The molecule has 0 bridgehead atoms. The third-order valence-corrected chi connectivity index (χ3v) is 5.33. The Labute approximate surface area is 211 Å². The van der Waals surface area contributed by atoms with Gasteiger partial charge in [-0.1, -0.05) is 18.2 Å². The molecule has 37 heavy (non-hydrogen) atoms. The monoisotopic (exact) mass is 517 g/mol. The first kappa shape index (κ1) is 26.0. The molecule has 1 saturated heterocycles. The number of likely N-dealkylation sites (tertiary alicyclic amines) is 1. The molecule has 196 valence electrons. The molecule has 9 nitrogen and oxygen atoms in total.